The summed E-state index contributed by atoms with van der Waals surface area (Å²) >= 11 is 0. The highest BCUT2D eigenvalue weighted by atomic mass is 16.3. The van der Waals surface area contributed by atoms with Crippen LogP contribution in [0.25, 0.3) is 22.7 Å². The quantitative estimate of drug-likeness (QED) is 0.721. The van der Waals surface area contributed by atoms with Gasteiger partial charge in [-0.15, -0.1) is 0 Å². The molecule has 0 saturated carbocycles. The Labute approximate surface area is 116 Å². The molecule has 0 bridgehead atoms. The number of aryl methyl sites for hydroxylation is 2. The monoisotopic (exact) mass is 266 g/mol. The summed E-state index contributed by atoms with van der Waals surface area (Å²) in [7, 11) is 0. The first-order valence-electron chi connectivity index (χ1n) is 6.65. The molecule has 3 aromatic rings. The minimum absolute atomic E-state index is 0.367. The van der Waals surface area contributed by atoms with Gasteiger partial charge in [0.1, 0.15) is 11.2 Å². The number of hydrogen-bond acceptors (Lipinski definition) is 5. The van der Waals surface area contributed by atoms with E-state index in [0.717, 1.165) is 29.0 Å². The number of pyridine rings is 2. The number of fused-ring (bicyclic) bond motifs is 1. The Morgan fingerprint density at radius 2 is 2.15 bits per heavy atom. The van der Waals surface area contributed by atoms with Crippen LogP contribution in [-0.2, 0) is 0 Å². The van der Waals surface area contributed by atoms with E-state index in [4.69, 9.17) is 4.42 Å². The van der Waals surface area contributed by atoms with Gasteiger partial charge in [-0.05, 0) is 25.5 Å². The number of nitrogens with zero attached hydrogens (tertiary/aromatic N) is 3. The molecular formula is C15H14N4O. The Morgan fingerprint density at radius 3 is 2.90 bits per heavy atom. The fourth-order valence-electron chi connectivity index (χ4n) is 2.59. The van der Waals surface area contributed by atoms with Gasteiger partial charge in [-0.2, -0.15) is 0 Å². The van der Waals surface area contributed by atoms with Crippen molar-refractivity contribution in [1.82, 2.24) is 20.3 Å². The lowest BCUT2D eigenvalue weighted by atomic mass is 10.0. The average Bonchev–Trinajstić information content (AvgIpc) is 3.15. The molecule has 5 nitrogen and oxygen atoms in total. The number of nitrogens with one attached hydrogen (secondary N) is 1. The maximum Gasteiger partial charge on any atom is 0.246 e. The van der Waals surface area contributed by atoms with Crippen molar-refractivity contribution in [2.75, 3.05) is 6.54 Å². The van der Waals surface area contributed by atoms with Crippen LogP contribution in [0.2, 0.25) is 0 Å². The SMILES string of the molecule is Cc1cc(C)c(C2CN2)c(-c2nc3cnccc3o2)n1. The van der Waals surface area contributed by atoms with Crippen molar-refractivity contribution in [3.05, 3.63) is 41.3 Å². The lowest BCUT2D eigenvalue weighted by Crippen LogP contribution is -1.99. The zero-order valence-electron chi connectivity index (χ0n) is 11.3. The molecule has 1 aliphatic rings. The van der Waals surface area contributed by atoms with Gasteiger partial charge in [-0.3, -0.25) is 4.98 Å². The van der Waals surface area contributed by atoms with Crippen molar-refractivity contribution in [3.63, 3.8) is 0 Å². The van der Waals surface area contributed by atoms with E-state index in [-0.39, 0.29) is 0 Å². The summed E-state index contributed by atoms with van der Waals surface area (Å²) in [4.78, 5) is 13.2. The second-order valence-corrected chi connectivity index (χ2v) is 5.17. The van der Waals surface area contributed by atoms with Crippen molar-refractivity contribution in [2.45, 2.75) is 19.9 Å². The topological polar surface area (TPSA) is 73.8 Å². The summed E-state index contributed by atoms with van der Waals surface area (Å²) in [5, 5.41) is 3.33. The predicted molar refractivity (Wildman–Crippen MR) is 75.3 cm³/mol. The molecule has 1 fully saturated rings. The zero-order chi connectivity index (χ0) is 13.7. The van der Waals surface area contributed by atoms with Gasteiger partial charge in [0.15, 0.2) is 5.58 Å². The first-order chi connectivity index (χ1) is 9.72. The second kappa shape index (κ2) is 4.11. The lowest BCUT2D eigenvalue weighted by molar-refractivity contribution is 0.614. The normalized spacial score (nSPS) is 17.6. The molecule has 1 aliphatic heterocycles. The van der Waals surface area contributed by atoms with E-state index in [1.165, 1.54) is 11.1 Å². The highest BCUT2D eigenvalue weighted by Gasteiger charge is 2.30. The lowest BCUT2D eigenvalue weighted by Gasteiger charge is -2.09. The van der Waals surface area contributed by atoms with Gasteiger partial charge in [-0.25, -0.2) is 9.97 Å². The molecule has 0 amide bonds. The Kier molecular flexibility index (Phi) is 2.37. The van der Waals surface area contributed by atoms with E-state index in [1.54, 1.807) is 12.4 Å². The molecule has 0 radical (unpaired) electrons. The summed E-state index contributed by atoms with van der Waals surface area (Å²) in [5.41, 5.74) is 5.73. The van der Waals surface area contributed by atoms with Gasteiger partial charge < -0.3 is 9.73 Å². The van der Waals surface area contributed by atoms with Crippen LogP contribution in [0, 0.1) is 13.8 Å². The van der Waals surface area contributed by atoms with Crippen LogP contribution in [0.5, 0.6) is 0 Å². The van der Waals surface area contributed by atoms with E-state index in [1.807, 2.05) is 13.0 Å². The summed E-state index contributed by atoms with van der Waals surface area (Å²) in [6.45, 7) is 5.09. The van der Waals surface area contributed by atoms with E-state index < -0.39 is 0 Å². The molecule has 1 N–H and O–H groups in total. The fraction of sp³-hybridized carbons (Fsp3) is 0.267. The zero-order valence-corrected chi connectivity index (χ0v) is 11.3. The van der Waals surface area contributed by atoms with E-state index >= 15 is 0 Å². The van der Waals surface area contributed by atoms with Crippen LogP contribution in [-0.4, -0.2) is 21.5 Å². The third kappa shape index (κ3) is 1.78. The van der Waals surface area contributed by atoms with Gasteiger partial charge in [0.05, 0.1) is 6.20 Å². The Hall–Kier alpha value is -2.27. The Morgan fingerprint density at radius 1 is 1.30 bits per heavy atom. The summed E-state index contributed by atoms with van der Waals surface area (Å²) in [5.74, 6) is 0.573. The molecule has 20 heavy (non-hydrogen) atoms. The van der Waals surface area contributed by atoms with Gasteiger partial charge >= 0.3 is 0 Å². The molecule has 100 valence electrons. The van der Waals surface area contributed by atoms with Gasteiger partial charge in [0.2, 0.25) is 5.89 Å². The molecule has 1 saturated heterocycles. The minimum atomic E-state index is 0.367. The summed E-state index contributed by atoms with van der Waals surface area (Å²) in [6.07, 6.45) is 3.41. The molecule has 1 atom stereocenters. The molecule has 5 heteroatoms. The summed E-state index contributed by atoms with van der Waals surface area (Å²) < 4.78 is 5.84. The van der Waals surface area contributed by atoms with Crippen LogP contribution in [0.4, 0.5) is 0 Å². The molecule has 0 aliphatic carbocycles. The average molecular weight is 266 g/mol. The van der Waals surface area contributed by atoms with Crippen LogP contribution >= 0.6 is 0 Å². The predicted octanol–water partition coefficient (Wildman–Crippen LogP) is 2.55. The van der Waals surface area contributed by atoms with Crippen molar-refractivity contribution in [3.8, 4) is 11.6 Å². The maximum absolute atomic E-state index is 5.84. The van der Waals surface area contributed by atoms with Crippen molar-refractivity contribution in [1.29, 1.82) is 0 Å². The third-order valence-corrected chi connectivity index (χ3v) is 3.54. The van der Waals surface area contributed by atoms with Crippen molar-refractivity contribution < 1.29 is 4.42 Å². The first kappa shape index (κ1) is 11.5. The summed E-state index contributed by atoms with van der Waals surface area (Å²) in [6, 6.07) is 4.29. The van der Waals surface area contributed by atoms with Crippen LogP contribution in [0.1, 0.15) is 22.9 Å². The van der Waals surface area contributed by atoms with E-state index in [0.29, 0.717) is 11.9 Å². The van der Waals surface area contributed by atoms with Crippen LogP contribution < -0.4 is 5.32 Å². The van der Waals surface area contributed by atoms with Crippen LogP contribution in [0.3, 0.4) is 0 Å². The number of oxazole rings is 1. The standard InChI is InChI=1S/C15H14N4O/c1-8-5-9(2)18-14(13(8)11-7-17-11)15-19-10-6-16-4-3-12(10)20-15/h3-6,11,17H,7H2,1-2H3. The molecular weight excluding hydrogens is 252 g/mol. The van der Waals surface area contributed by atoms with Gasteiger partial charge in [-0.1, -0.05) is 0 Å². The molecule has 0 aromatic carbocycles. The molecule has 3 aromatic heterocycles. The fourth-order valence-corrected chi connectivity index (χ4v) is 2.59. The molecule has 4 heterocycles. The van der Waals surface area contributed by atoms with E-state index in [9.17, 15) is 0 Å². The van der Waals surface area contributed by atoms with Gasteiger partial charge in [0, 0.05) is 36.1 Å². The largest absolute Gasteiger partial charge is 0.435 e. The molecule has 1 unspecified atom stereocenters. The second-order valence-electron chi connectivity index (χ2n) is 5.17. The van der Waals surface area contributed by atoms with Crippen LogP contribution in [0.15, 0.2) is 28.9 Å². The number of rotatable bonds is 2. The molecule has 4 rings (SSSR count). The van der Waals surface area contributed by atoms with Crippen molar-refractivity contribution in [2.24, 2.45) is 0 Å². The van der Waals surface area contributed by atoms with Gasteiger partial charge in [0.25, 0.3) is 0 Å². The first-order valence-corrected chi connectivity index (χ1v) is 6.65. The highest BCUT2D eigenvalue weighted by molar-refractivity contribution is 5.75. The Balaban J connectivity index is 1.96. The highest BCUT2D eigenvalue weighted by Crippen LogP contribution is 2.34. The molecule has 0 spiro atoms. The van der Waals surface area contributed by atoms with E-state index in [2.05, 4.69) is 33.3 Å². The maximum atomic E-state index is 5.84. The Bertz CT molecular complexity index is 772. The van der Waals surface area contributed by atoms with Crippen molar-refractivity contribution >= 4 is 11.1 Å². The smallest absolute Gasteiger partial charge is 0.246 e. The number of hydrogen-bond donors (Lipinski definition) is 1. The minimum Gasteiger partial charge on any atom is -0.435 e. The third-order valence-electron chi connectivity index (χ3n) is 3.54. The number of aromatic nitrogens is 3.